The molecule has 0 atom stereocenters. The van der Waals surface area contributed by atoms with Gasteiger partial charge < -0.3 is 13.7 Å². The molecule has 0 radical (unpaired) electrons. The molecular weight excluding hydrogens is 574 g/mol. The van der Waals surface area contributed by atoms with E-state index in [0.29, 0.717) is 0 Å². The summed E-state index contributed by atoms with van der Waals surface area (Å²) in [6, 6.07) is 51.6. The van der Waals surface area contributed by atoms with Crippen LogP contribution in [0.2, 0.25) is 0 Å². The Morgan fingerprint density at radius 1 is 0.468 bits per heavy atom. The van der Waals surface area contributed by atoms with E-state index in [1.807, 2.05) is 12.1 Å². The highest BCUT2D eigenvalue weighted by atomic mass is 16.3. The van der Waals surface area contributed by atoms with Crippen molar-refractivity contribution in [3.63, 3.8) is 0 Å². The van der Waals surface area contributed by atoms with Crippen molar-refractivity contribution in [3.8, 4) is 11.1 Å². The second-order valence-corrected chi connectivity index (χ2v) is 13.3. The van der Waals surface area contributed by atoms with Crippen LogP contribution in [0.4, 0.5) is 17.1 Å². The van der Waals surface area contributed by atoms with Crippen molar-refractivity contribution in [2.45, 2.75) is 26.2 Å². The number of anilines is 3. The van der Waals surface area contributed by atoms with Gasteiger partial charge in [-0.3, -0.25) is 0 Å². The van der Waals surface area contributed by atoms with Crippen LogP contribution < -0.4 is 4.90 Å². The summed E-state index contributed by atoms with van der Waals surface area (Å²) in [5, 5.41) is 6.72. The van der Waals surface area contributed by atoms with E-state index >= 15 is 0 Å². The lowest BCUT2D eigenvalue weighted by molar-refractivity contribution is 0.594. The monoisotopic (exact) mass is 607 g/mol. The highest BCUT2D eigenvalue weighted by Gasteiger charge is 2.26. The zero-order valence-corrected chi connectivity index (χ0v) is 26.6. The van der Waals surface area contributed by atoms with Crippen LogP contribution >= 0.6 is 0 Å². The maximum atomic E-state index is 6.70. The number of hydrogen-bond donors (Lipinski definition) is 0. The van der Waals surface area contributed by atoms with Gasteiger partial charge in [0.05, 0.1) is 11.4 Å². The lowest BCUT2D eigenvalue weighted by Crippen LogP contribution is -2.12. The van der Waals surface area contributed by atoms with Gasteiger partial charge in [-0.25, -0.2) is 0 Å². The van der Waals surface area contributed by atoms with Gasteiger partial charge in [-0.05, 0) is 52.9 Å². The molecule has 0 N–H and O–H groups in total. The topological polar surface area (TPSA) is 29.5 Å². The highest BCUT2D eigenvalue weighted by Crippen LogP contribution is 2.48. The summed E-state index contributed by atoms with van der Waals surface area (Å²) in [6.07, 6.45) is 0. The van der Waals surface area contributed by atoms with Crippen LogP contribution in [0, 0.1) is 0 Å². The van der Waals surface area contributed by atoms with E-state index in [-0.39, 0.29) is 5.41 Å². The Balaban J connectivity index is 1.41. The van der Waals surface area contributed by atoms with E-state index in [0.717, 1.165) is 77.5 Å². The summed E-state index contributed by atoms with van der Waals surface area (Å²) in [7, 11) is 0. The fourth-order valence-electron chi connectivity index (χ4n) is 7.23. The van der Waals surface area contributed by atoms with E-state index in [1.54, 1.807) is 0 Å². The molecule has 0 saturated heterocycles. The molecular formula is C44H33NO2. The van der Waals surface area contributed by atoms with Crippen LogP contribution in [-0.2, 0) is 5.41 Å². The summed E-state index contributed by atoms with van der Waals surface area (Å²) >= 11 is 0. The maximum Gasteiger partial charge on any atom is 0.143 e. The molecule has 0 saturated carbocycles. The van der Waals surface area contributed by atoms with Crippen molar-refractivity contribution in [3.05, 3.63) is 151 Å². The lowest BCUT2D eigenvalue weighted by Gasteiger charge is -2.29. The molecule has 0 unspecified atom stereocenters. The van der Waals surface area contributed by atoms with Gasteiger partial charge in [0.2, 0.25) is 0 Å². The van der Waals surface area contributed by atoms with E-state index in [9.17, 15) is 0 Å². The Morgan fingerprint density at radius 3 is 1.98 bits per heavy atom. The molecule has 0 spiro atoms. The number of furan rings is 2. The number of benzene rings is 7. The zero-order chi connectivity index (χ0) is 31.7. The Bertz CT molecular complexity index is 2620. The molecule has 3 nitrogen and oxygen atoms in total. The first-order chi connectivity index (χ1) is 23.0. The predicted octanol–water partition coefficient (Wildman–Crippen LogP) is 13.1. The molecule has 47 heavy (non-hydrogen) atoms. The van der Waals surface area contributed by atoms with Gasteiger partial charge >= 0.3 is 0 Å². The van der Waals surface area contributed by atoms with Gasteiger partial charge in [0.1, 0.15) is 22.3 Å². The number of para-hydroxylation sites is 2. The van der Waals surface area contributed by atoms with Crippen molar-refractivity contribution in [2.75, 3.05) is 4.90 Å². The number of nitrogens with zero attached hydrogens (tertiary/aromatic N) is 1. The van der Waals surface area contributed by atoms with Gasteiger partial charge in [0, 0.05) is 49.6 Å². The molecule has 0 bridgehead atoms. The minimum Gasteiger partial charge on any atom is -0.456 e. The molecule has 7 aromatic carbocycles. The van der Waals surface area contributed by atoms with Crippen LogP contribution in [0.15, 0.2) is 154 Å². The summed E-state index contributed by atoms with van der Waals surface area (Å²) in [4.78, 5) is 2.40. The van der Waals surface area contributed by atoms with Crippen LogP contribution in [-0.4, -0.2) is 0 Å². The Labute approximate surface area is 273 Å². The third kappa shape index (κ3) is 4.34. The molecule has 0 aliphatic heterocycles. The average Bonchev–Trinajstić information content (AvgIpc) is 3.67. The van der Waals surface area contributed by atoms with Gasteiger partial charge in [-0.1, -0.05) is 124 Å². The summed E-state index contributed by atoms with van der Waals surface area (Å²) in [5.74, 6) is 0. The third-order valence-corrected chi connectivity index (χ3v) is 9.38. The second-order valence-electron chi connectivity index (χ2n) is 13.3. The van der Waals surface area contributed by atoms with Crippen LogP contribution in [0.3, 0.4) is 0 Å². The van der Waals surface area contributed by atoms with Crippen LogP contribution in [0.1, 0.15) is 26.3 Å². The fourth-order valence-corrected chi connectivity index (χ4v) is 7.23. The average molecular weight is 608 g/mol. The number of hydrogen-bond acceptors (Lipinski definition) is 3. The normalized spacial score (nSPS) is 12.1. The Morgan fingerprint density at radius 2 is 1.15 bits per heavy atom. The predicted molar refractivity (Wildman–Crippen MR) is 197 cm³/mol. The fraction of sp³-hybridized carbons (Fsp3) is 0.0909. The highest BCUT2D eigenvalue weighted by molar-refractivity contribution is 6.21. The SMILES string of the molecule is CC(C)(C)c1cccc2oc3c4ccccc4c(N(c4ccc5c(c4)oc4ccccc45)c4ccccc4-c4ccccc4)cc3c12. The molecule has 2 heterocycles. The van der Waals surface area contributed by atoms with Crippen molar-refractivity contribution >= 4 is 71.7 Å². The molecule has 9 rings (SSSR count). The zero-order valence-electron chi connectivity index (χ0n) is 26.6. The van der Waals surface area contributed by atoms with E-state index < -0.39 is 0 Å². The van der Waals surface area contributed by atoms with Crippen molar-refractivity contribution in [1.29, 1.82) is 0 Å². The summed E-state index contributed by atoms with van der Waals surface area (Å²) in [5.41, 5.74) is 10.3. The molecule has 9 aromatic rings. The third-order valence-electron chi connectivity index (χ3n) is 9.38. The molecule has 0 aliphatic rings. The summed E-state index contributed by atoms with van der Waals surface area (Å²) < 4.78 is 13.1. The quantitative estimate of drug-likeness (QED) is 0.199. The summed E-state index contributed by atoms with van der Waals surface area (Å²) in [6.45, 7) is 6.81. The molecule has 226 valence electrons. The second kappa shape index (κ2) is 10.4. The van der Waals surface area contributed by atoms with E-state index in [4.69, 9.17) is 8.83 Å². The van der Waals surface area contributed by atoms with Crippen molar-refractivity contribution < 1.29 is 8.83 Å². The first-order valence-corrected chi connectivity index (χ1v) is 16.2. The maximum absolute atomic E-state index is 6.70. The van der Waals surface area contributed by atoms with Gasteiger partial charge in [0.15, 0.2) is 0 Å². The van der Waals surface area contributed by atoms with Gasteiger partial charge in [-0.2, -0.15) is 0 Å². The smallest absolute Gasteiger partial charge is 0.143 e. The van der Waals surface area contributed by atoms with Gasteiger partial charge in [0.25, 0.3) is 0 Å². The van der Waals surface area contributed by atoms with Crippen molar-refractivity contribution in [1.82, 2.24) is 0 Å². The molecule has 2 aromatic heterocycles. The van der Waals surface area contributed by atoms with Gasteiger partial charge in [-0.15, -0.1) is 0 Å². The van der Waals surface area contributed by atoms with Crippen molar-refractivity contribution in [2.24, 2.45) is 0 Å². The number of rotatable bonds is 4. The molecule has 0 fully saturated rings. The first kappa shape index (κ1) is 27.5. The first-order valence-electron chi connectivity index (χ1n) is 16.2. The lowest BCUT2D eigenvalue weighted by atomic mass is 9.84. The largest absolute Gasteiger partial charge is 0.456 e. The Hall–Kier alpha value is -5.80. The minimum atomic E-state index is -0.0615. The standard InChI is InChI=1S/C44H33NO2/c1-44(2,3)36-20-13-23-40-42(36)35-27-38(31-17-7-8-19-34(31)43(35)47-40)45(37-21-11-9-16-30(37)28-14-5-4-6-15-28)29-24-25-33-32-18-10-12-22-39(32)46-41(33)26-29/h4-27H,1-3H3. The molecule has 0 amide bonds. The Kier molecular flexibility index (Phi) is 6.07. The van der Waals surface area contributed by atoms with Crippen LogP contribution in [0.25, 0.3) is 65.8 Å². The van der Waals surface area contributed by atoms with E-state index in [1.165, 1.54) is 10.9 Å². The van der Waals surface area contributed by atoms with Crippen LogP contribution in [0.5, 0.6) is 0 Å². The van der Waals surface area contributed by atoms with E-state index in [2.05, 4.69) is 159 Å². The minimum absolute atomic E-state index is 0.0615. The molecule has 0 aliphatic carbocycles. The number of fused-ring (bicyclic) bond motifs is 8. The molecule has 3 heteroatoms.